The molecule has 4 rings (SSSR count). The van der Waals surface area contributed by atoms with E-state index < -0.39 is 5.92 Å². The van der Waals surface area contributed by atoms with E-state index in [0.29, 0.717) is 16.1 Å². The highest BCUT2D eigenvalue weighted by Gasteiger charge is 2.31. The number of Topliss-reactive ketones (excluding diaryl/α,β-unsaturated/α-hetero) is 1. The Morgan fingerprint density at radius 2 is 2.15 bits per heavy atom. The largest absolute Gasteiger partial charge is 0.297 e. The highest BCUT2D eigenvalue weighted by molar-refractivity contribution is 7.99. The van der Waals surface area contributed by atoms with Crippen molar-refractivity contribution in [3.8, 4) is 11.8 Å². The molecule has 2 aromatic heterocycles. The van der Waals surface area contributed by atoms with Gasteiger partial charge in [0.15, 0.2) is 11.7 Å². The Balaban J connectivity index is 1.50. The SMILES string of the molecule is Cc1csc(C(C#N)C(=O)CSc2nc(C3CC3)n(-c3ccccc3)n2)n1. The second-order valence-electron chi connectivity index (χ2n) is 6.42. The minimum Gasteiger partial charge on any atom is -0.297 e. The van der Waals surface area contributed by atoms with E-state index in [2.05, 4.69) is 21.1 Å². The summed E-state index contributed by atoms with van der Waals surface area (Å²) in [6, 6.07) is 12.0. The number of thiazole rings is 1. The van der Waals surface area contributed by atoms with Crippen LogP contribution >= 0.6 is 23.1 Å². The molecule has 0 bridgehead atoms. The number of carbonyl (C=O) groups is 1. The molecule has 27 heavy (non-hydrogen) atoms. The van der Waals surface area contributed by atoms with Gasteiger partial charge in [0, 0.05) is 17.0 Å². The first kappa shape index (κ1) is 17.9. The van der Waals surface area contributed by atoms with Crippen molar-refractivity contribution in [1.29, 1.82) is 5.26 Å². The number of nitrogens with zero attached hydrogens (tertiary/aromatic N) is 5. The number of para-hydroxylation sites is 1. The number of nitriles is 1. The van der Waals surface area contributed by atoms with Gasteiger partial charge in [0.25, 0.3) is 0 Å². The first-order valence-electron chi connectivity index (χ1n) is 8.65. The molecule has 0 radical (unpaired) electrons. The third kappa shape index (κ3) is 3.94. The molecule has 1 saturated carbocycles. The molecule has 8 heteroatoms. The third-order valence-corrected chi connectivity index (χ3v) is 6.12. The zero-order valence-corrected chi connectivity index (χ0v) is 16.3. The van der Waals surface area contributed by atoms with Crippen LogP contribution in [0.4, 0.5) is 0 Å². The van der Waals surface area contributed by atoms with Gasteiger partial charge in [0.05, 0.1) is 17.5 Å². The number of benzene rings is 1. The fourth-order valence-electron chi connectivity index (χ4n) is 2.72. The molecule has 136 valence electrons. The summed E-state index contributed by atoms with van der Waals surface area (Å²) in [6.07, 6.45) is 2.24. The lowest BCUT2D eigenvalue weighted by molar-refractivity contribution is -0.116. The molecule has 0 saturated heterocycles. The third-order valence-electron chi connectivity index (χ3n) is 4.23. The second-order valence-corrected chi connectivity index (χ2v) is 8.25. The fourth-order valence-corrected chi connectivity index (χ4v) is 4.32. The maximum Gasteiger partial charge on any atom is 0.209 e. The first-order valence-corrected chi connectivity index (χ1v) is 10.5. The molecule has 1 aromatic carbocycles. The Kier molecular flexibility index (Phi) is 5.05. The molecule has 2 heterocycles. The maximum absolute atomic E-state index is 12.5. The average molecular weight is 396 g/mol. The summed E-state index contributed by atoms with van der Waals surface area (Å²) >= 11 is 2.63. The van der Waals surface area contributed by atoms with Crippen LogP contribution in [0.1, 0.15) is 41.2 Å². The molecule has 1 atom stereocenters. The van der Waals surface area contributed by atoms with Crippen molar-refractivity contribution in [2.45, 2.75) is 36.8 Å². The zero-order valence-electron chi connectivity index (χ0n) is 14.7. The first-order chi connectivity index (χ1) is 13.2. The quantitative estimate of drug-likeness (QED) is 0.565. The van der Waals surface area contributed by atoms with Crippen LogP contribution in [0, 0.1) is 18.3 Å². The van der Waals surface area contributed by atoms with Crippen molar-refractivity contribution in [3.05, 3.63) is 52.2 Å². The van der Waals surface area contributed by atoms with Gasteiger partial charge in [-0.25, -0.2) is 14.6 Å². The zero-order chi connectivity index (χ0) is 18.8. The van der Waals surface area contributed by atoms with Crippen LogP contribution in [-0.4, -0.2) is 31.3 Å². The standard InChI is InChI=1S/C19H17N5OS2/c1-12-10-26-18(21-12)15(9-20)16(25)11-27-19-22-17(13-7-8-13)24(23-19)14-5-3-2-4-6-14/h2-6,10,13,15H,7-8,11H2,1H3. The highest BCUT2D eigenvalue weighted by Crippen LogP contribution is 2.40. The lowest BCUT2D eigenvalue weighted by Crippen LogP contribution is -2.13. The van der Waals surface area contributed by atoms with E-state index in [1.165, 1.54) is 23.1 Å². The van der Waals surface area contributed by atoms with Gasteiger partial charge in [-0.2, -0.15) is 5.26 Å². The number of thioether (sulfide) groups is 1. The Labute approximate surface area is 165 Å². The molecule has 0 aliphatic heterocycles. The van der Waals surface area contributed by atoms with Crippen LogP contribution in [0.3, 0.4) is 0 Å². The molecule has 0 spiro atoms. The molecule has 3 aromatic rings. The van der Waals surface area contributed by atoms with Crippen LogP contribution in [0.5, 0.6) is 0 Å². The summed E-state index contributed by atoms with van der Waals surface area (Å²) in [5.41, 5.74) is 1.80. The van der Waals surface area contributed by atoms with Gasteiger partial charge in [-0.05, 0) is 31.9 Å². The van der Waals surface area contributed by atoms with Gasteiger partial charge >= 0.3 is 0 Å². The lowest BCUT2D eigenvalue weighted by atomic mass is 10.1. The van der Waals surface area contributed by atoms with Crippen LogP contribution in [0.2, 0.25) is 0 Å². The molecule has 0 N–H and O–H groups in total. The minimum atomic E-state index is -0.824. The number of hydrogen-bond acceptors (Lipinski definition) is 7. The van der Waals surface area contributed by atoms with Gasteiger partial charge in [0.1, 0.15) is 10.8 Å². The van der Waals surface area contributed by atoms with Crippen LogP contribution in [0.15, 0.2) is 40.9 Å². The Morgan fingerprint density at radius 3 is 2.78 bits per heavy atom. The number of aryl methyl sites for hydroxylation is 1. The molecule has 1 aliphatic carbocycles. The monoisotopic (exact) mass is 395 g/mol. The van der Waals surface area contributed by atoms with Crippen molar-refractivity contribution < 1.29 is 4.79 Å². The summed E-state index contributed by atoms with van der Waals surface area (Å²) in [7, 11) is 0. The topological polar surface area (TPSA) is 84.5 Å². The number of ketones is 1. The number of hydrogen-bond donors (Lipinski definition) is 0. The Bertz CT molecular complexity index is 1000. The molecule has 1 aliphatic rings. The smallest absolute Gasteiger partial charge is 0.209 e. The minimum absolute atomic E-state index is 0.153. The normalized spacial score (nSPS) is 14.7. The second kappa shape index (κ2) is 7.62. The average Bonchev–Trinajstić information content (AvgIpc) is 3.31. The molecule has 1 unspecified atom stereocenters. The predicted octanol–water partition coefficient (Wildman–Crippen LogP) is 3.88. The molecule has 0 amide bonds. The van der Waals surface area contributed by atoms with E-state index in [-0.39, 0.29) is 11.5 Å². The van der Waals surface area contributed by atoms with Crippen molar-refractivity contribution in [2.24, 2.45) is 0 Å². The van der Waals surface area contributed by atoms with E-state index in [1.807, 2.05) is 47.3 Å². The van der Waals surface area contributed by atoms with E-state index >= 15 is 0 Å². The maximum atomic E-state index is 12.5. The van der Waals surface area contributed by atoms with E-state index in [9.17, 15) is 10.1 Å². The molecular weight excluding hydrogens is 378 g/mol. The van der Waals surface area contributed by atoms with Gasteiger partial charge < -0.3 is 0 Å². The molecular formula is C19H17N5OS2. The van der Waals surface area contributed by atoms with Crippen molar-refractivity contribution >= 4 is 28.9 Å². The number of aromatic nitrogens is 4. The van der Waals surface area contributed by atoms with Crippen molar-refractivity contribution in [3.63, 3.8) is 0 Å². The van der Waals surface area contributed by atoms with Crippen molar-refractivity contribution in [1.82, 2.24) is 19.7 Å². The summed E-state index contributed by atoms with van der Waals surface area (Å²) in [5.74, 6) is 0.549. The fraction of sp³-hybridized carbons (Fsp3) is 0.316. The lowest BCUT2D eigenvalue weighted by Gasteiger charge is -2.04. The Hall–Kier alpha value is -2.50. The number of rotatable bonds is 7. The number of carbonyl (C=O) groups excluding carboxylic acids is 1. The summed E-state index contributed by atoms with van der Waals surface area (Å²) in [6.45, 7) is 1.85. The van der Waals surface area contributed by atoms with Gasteiger partial charge in [-0.1, -0.05) is 30.0 Å². The van der Waals surface area contributed by atoms with E-state index in [0.717, 1.165) is 30.0 Å². The summed E-state index contributed by atoms with van der Waals surface area (Å²) in [4.78, 5) is 21.5. The molecule has 1 fully saturated rings. The Morgan fingerprint density at radius 1 is 1.37 bits per heavy atom. The van der Waals surface area contributed by atoms with Crippen LogP contribution < -0.4 is 0 Å². The summed E-state index contributed by atoms with van der Waals surface area (Å²) < 4.78 is 1.87. The van der Waals surface area contributed by atoms with Gasteiger partial charge in [-0.3, -0.25) is 4.79 Å². The van der Waals surface area contributed by atoms with Gasteiger partial charge in [-0.15, -0.1) is 16.4 Å². The molecule has 6 nitrogen and oxygen atoms in total. The predicted molar refractivity (Wildman–Crippen MR) is 104 cm³/mol. The van der Waals surface area contributed by atoms with Crippen LogP contribution in [0.25, 0.3) is 5.69 Å². The summed E-state index contributed by atoms with van der Waals surface area (Å²) in [5, 5.41) is 17.0. The van der Waals surface area contributed by atoms with E-state index in [4.69, 9.17) is 0 Å². The van der Waals surface area contributed by atoms with E-state index in [1.54, 1.807) is 0 Å². The van der Waals surface area contributed by atoms with Crippen LogP contribution in [-0.2, 0) is 4.79 Å². The van der Waals surface area contributed by atoms with Gasteiger partial charge in [0.2, 0.25) is 5.16 Å². The highest BCUT2D eigenvalue weighted by atomic mass is 32.2. The van der Waals surface area contributed by atoms with Crippen molar-refractivity contribution in [2.75, 3.05) is 5.75 Å².